The molecule has 0 saturated heterocycles. The normalized spacial score (nSPS) is 8.12. The summed E-state index contributed by atoms with van der Waals surface area (Å²) in [6, 6.07) is 0. The number of hydrogen-bond acceptors (Lipinski definition) is 2. The summed E-state index contributed by atoms with van der Waals surface area (Å²) in [6.45, 7) is 10.8. The third kappa shape index (κ3) is 19.1. The van der Waals surface area contributed by atoms with Crippen molar-refractivity contribution in [2.45, 2.75) is 12.8 Å². The first-order valence-corrected chi connectivity index (χ1v) is 6.98. The molecular weight excluding hydrogens is 264 g/mol. The highest BCUT2D eigenvalue weighted by Crippen LogP contribution is 1.83. The summed E-state index contributed by atoms with van der Waals surface area (Å²) in [7, 11) is 0. The van der Waals surface area contributed by atoms with Gasteiger partial charge in [-0.15, -0.1) is 11.5 Å². The van der Waals surface area contributed by atoms with Gasteiger partial charge in [0.15, 0.2) is 0 Å². The Morgan fingerprint density at radius 3 is 1.62 bits per heavy atom. The summed E-state index contributed by atoms with van der Waals surface area (Å²) in [5.74, 6) is 1.81. The zero-order chi connectivity index (χ0) is 12.5. The summed E-state index contributed by atoms with van der Waals surface area (Å²) in [5.41, 5.74) is 5.45. The summed E-state index contributed by atoms with van der Waals surface area (Å²) >= 11 is 2.94. The second kappa shape index (κ2) is 19.9. The molecule has 0 aliphatic carbocycles. The first-order valence-electron chi connectivity index (χ1n) is 5.39. The first-order chi connectivity index (χ1) is 7.91. The number of nitrogens with one attached hydrogen (secondary N) is 2. The summed E-state index contributed by atoms with van der Waals surface area (Å²) in [4.78, 5) is 0. The van der Waals surface area contributed by atoms with E-state index in [9.17, 15) is 0 Å². The third-order valence-corrected chi connectivity index (χ3v) is 1.74. The number of alkyl halides is 1. The van der Waals surface area contributed by atoms with Crippen molar-refractivity contribution in [1.29, 1.82) is 0 Å². The fourth-order valence-corrected chi connectivity index (χ4v) is 0.993. The van der Waals surface area contributed by atoms with Crippen LogP contribution in [0.25, 0.3) is 0 Å². The second-order valence-corrected chi connectivity index (χ2v) is 2.93. The molecule has 0 rings (SSSR count). The van der Waals surface area contributed by atoms with Gasteiger partial charge in [-0.05, 0) is 43.9 Å². The molecule has 0 aromatic carbocycles. The highest BCUT2D eigenvalue weighted by Gasteiger charge is 1.86. The zero-order valence-electron chi connectivity index (χ0n) is 10.2. The number of hydrogen-bond donors (Lipinski definition) is 2. The molecular formula is C13H23BrN2. The molecule has 0 bridgehead atoms. The fraction of sp³-hybridized carbons (Fsp3) is 0.538. The second-order valence-electron chi connectivity index (χ2n) is 2.93. The molecule has 2 N–H and O–H groups in total. The maximum atomic E-state index is 3.49. The Morgan fingerprint density at radius 1 is 0.938 bits per heavy atom. The largest absolute Gasteiger partial charge is 0.313 e. The lowest BCUT2D eigenvalue weighted by molar-refractivity contribution is 0.617. The zero-order valence-corrected chi connectivity index (χ0v) is 11.8. The van der Waals surface area contributed by atoms with Crippen LogP contribution in [0.15, 0.2) is 36.8 Å². The van der Waals surface area contributed by atoms with E-state index in [4.69, 9.17) is 0 Å². The lowest BCUT2D eigenvalue weighted by Gasteiger charge is -2.02. The molecule has 0 fully saturated rings. The molecule has 0 radical (unpaired) electrons. The Hall–Kier alpha value is -0.560. The van der Waals surface area contributed by atoms with Crippen LogP contribution in [0.5, 0.6) is 0 Å². The Balaban J connectivity index is 0. The maximum absolute atomic E-state index is 3.49. The van der Waals surface area contributed by atoms with Crippen molar-refractivity contribution in [1.82, 2.24) is 10.6 Å². The lowest BCUT2D eigenvalue weighted by Crippen LogP contribution is -2.18. The monoisotopic (exact) mass is 286 g/mol. The molecule has 0 aromatic rings. The molecule has 0 aromatic heterocycles. The Bertz CT molecular complexity index is 190. The van der Waals surface area contributed by atoms with E-state index in [1.54, 1.807) is 0 Å². The highest BCUT2D eigenvalue weighted by atomic mass is 79.9. The van der Waals surface area contributed by atoms with E-state index in [2.05, 4.69) is 51.2 Å². The summed E-state index contributed by atoms with van der Waals surface area (Å²) in [5, 5.41) is 6.54. The molecule has 92 valence electrons. The number of unbranched alkanes of at least 4 members (excludes halogenated alkanes) is 1. The van der Waals surface area contributed by atoms with Gasteiger partial charge in [-0.25, -0.2) is 0 Å². The van der Waals surface area contributed by atoms with Crippen LogP contribution in [0.2, 0.25) is 0 Å². The van der Waals surface area contributed by atoms with Gasteiger partial charge in [-0.3, -0.25) is 0 Å². The van der Waals surface area contributed by atoms with Gasteiger partial charge in [0.25, 0.3) is 0 Å². The van der Waals surface area contributed by atoms with Crippen LogP contribution < -0.4 is 10.6 Å². The quantitative estimate of drug-likeness (QED) is 0.387. The van der Waals surface area contributed by atoms with E-state index in [0.29, 0.717) is 0 Å². The van der Waals surface area contributed by atoms with Crippen molar-refractivity contribution in [2.75, 3.05) is 32.0 Å². The van der Waals surface area contributed by atoms with Crippen LogP contribution in [-0.2, 0) is 0 Å². The Labute approximate surface area is 108 Å². The average Bonchev–Trinajstić information content (AvgIpc) is 2.34. The molecule has 0 aliphatic rings. The molecule has 0 spiro atoms. The van der Waals surface area contributed by atoms with Crippen LogP contribution in [0.1, 0.15) is 12.8 Å². The predicted molar refractivity (Wildman–Crippen MR) is 77.2 cm³/mol. The number of rotatable bonds is 9. The van der Waals surface area contributed by atoms with Gasteiger partial charge < -0.3 is 10.6 Å². The average molecular weight is 287 g/mol. The van der Waals surface area contributed by atoms with Crippen LogP contribution in [0.3, 0.4) is 0 Å². The van der Waals surface area contributed by atoms with Crippen LogP contribution in [-0.4, -0.2) is 32.0 Å². The standard InChI is InChI=1S/C12H20N2.CH3Br/c1-3-5-9-13-11-7-8-12-14-10-6-4-2;1-2/h5-6,13-14H,1-2,7-12H2;1H3. The predicted octanol–water partition coefficient (Wildman–Crippen LogP) is 2.64. The minimum Gasteiger partial charge on any atom is -0.313 e. The van der Waals surface area contributed by atoms with E-state index in [-0.39, 0.29) is 0 Å². The van der Waals surface area contributed by atoms with Crippen molar-refractivity contribution in [3.05, 3.63) is 36.8 Å². The van der Waals surface area contributed by atoms with Crippen molar-refractivity contribution >= 4 is 15.9 Å². The molecule has 3 heteroatoms. The van der Waals surface area contributed by atoms with E-state index in [1.165, 1.54) is 12.8 Å². The van der Waals surface area contributed by atoms with Gasteiger partial charge in [-0.1, -0.05) is 29.1 Å². The Morgan fingerprint density at radius 2 is 1.31 bits per heavy atom. The van der Waals surface area contributed by atoms with Gasteiger partial charge in [0, 0.05) is 13.1 Å². The van der Waals surface area contributed by atoms with Gasteiger partial charge in [0.1, 0.15) is 0 Å². The molecule has 0 saturated carbocycles. The molecule has 0 aliphatic heterocycles. The van der Waals surface area contributed by atoms with Crippen LogP contribution in [0, 0.1) is 0 Å². The minimum absolute atomic E-state index is 0.871. The molecule has 0 unspecified atom stereocenters. The fourth-order valence-electron chi connectivity index (χ4n) is 0.993. The van der Waals surface area contributed by atoms with E-state index < -0.39 is 0 Å². The highest BCUT2D eigenvalue weighted by molar-refractivity contribution is 9.08. The van der Waals surface area contributed by atoms with E-state index >= 15 is 0 Å². The van der Waals surface area contributed by atoms with Crippen molar-refractivity contribution < 1.29 is 0 Å². The van der Waals surface area contributed by atoms with Crippen LogP contribution in [0.4, 0.5) is 0 Å². The maximum Gasteiger partial charge on any atom is 0.0209 e. The minimum atomic E-state index is 0.871. The lowest BCUT2D eigenvalue weighted by atomic mass is 10.3. The molecule has 0 atom stereocenters. The van der Waals surface area contributed by atoms with Gasteiger partial charge >= 0.3 is 0 Å². The SMILES string of the molecule is C=C=CCNCCCCNCC=C=C.CBr. The van der Waals surface area contributed by atoms with Crippen molar-refractivity contribution in [3.8, 4) is 0 Å². The van der Waals surface area contributed by atoms with E-state index in [0.717, 1.165) is 26.2 Å². The third-order valence-electron chi connectivity index (χ3n) is 1.74. The summed E-state index contributed by atoms with van der Waals surface area (Å²) in [6.07, 6.45) is 6.17. The van der Waals surface area contributed by atoms with Crippen molar-refractivity contribution in [2.24, 2.45) is 0 Å². The Kier molecular flexibility index (Phi) is 22.2. The van der Waals surface area contributed by atoms with Gasteiger partial charge in [-0.2, -0.15) is 0 Å². The molecule has 0 amide bonds. The van der Waals surface area contributed by atoms with Crippen molar-refractivity contribution in [3.63, 3.8) is 0 Å². The smallest absolute Gasteiger partial charge is 0.0209 e. The number of halogens is 1. The first kappa shape index (κ1) is 17.8. The molecule has 0 heterocycles. The van der Waals surface area contributed by atoms with Gasteiger partial charge in [0.2, 0.25) is 0 Å². The topological polar surface area (TPSA) is 24.1 Å². The van der Waals surface area contributed by atoms with Gasteiger partial charge in [0.05, 0.1) is 0 Å². The van der Waals surface area contributed by atoms with Crippen LogP contribution >= 0.6 is 15.9 Å². The molecule has 16 heavy (non-hydrogen) atoms. The van der Waals surface area contributed by atoms with E-state index in [1.807, 2.05) is 18.0 Å². The molecule has 2 nitrogen and oxygen atoms in total. The summed E-state index contributed by atoms with van der Waals surface area (Å²) < 4.78 is 0.